The fraction of sp³-hybridized carbons (Fsp3) is 0.348. The molecule has 156 valence electrons. The first-order valence-electron chi connectivity index (χ1n) is 9.91. The predicted octanol–water partition coefficient (Wildman–Crippen LogP) is 4.36. The fourth-order valence-corrected chi connectivity index (χ4v) is 5.83. The van der Waals surface area contributed by atoms with Crippen molar-refractivity contribution in [3.63, 3.8) is 0 Å². The Hall–Kier alpha value is -2.93. The summed E-state index contributed by atoms with van der Waals surface area (Å²) < 4.78 is 5.00. The molecule has 5 rings (SSSR count). The molecule has 1 aromatic carbocycles. The van der Waals surface area contributed by atoms with Gasteiger partial charge < -0.3 is 15.2 Å². The minimum absolute atomic E-state index is 0.104. The van der Waals surface area contributed by atoms with Crippen molar-refractivity contribution in [2.24, 2.45) is 23.7 Å². The van der Waals surface area contributed by atoms with Gasteiger partial charge in [0.05, 0.1) is 18.9 Å². The number of hydrogen-bond donors (Lipinski definition) is 2. The monoisotopic (exact) mass is 425 g/mol. The maximum absolute atomic E-state index is 13.2. The molecule has 7 heteroatoms. The molecular weight excluding hydrogens is 402 g/mol. The van der Waals surface area contributed by atoms with E-state index in [1.54, 1.807) is 0 Å². The first kappa shape index (κ1) is 20.3. The number of anilines is 1. The molecule has 2 bridgehead atoms. The number of carboxylic acids is 1. The number of methoxy groups -OCH3 is 1. The van der Waals surface area contributed by atoms with Crippen LogP contribution >= 0.6 is 11.3 Å². The van der Waals surface area contributed by atoms with Crippen LogP contribution < -0.4 is 5.32 Å². The number of hydrogen-bond acceptors (Lipinski definition) is 5. The molecule has 0 spiro atoms. The van der Waals surface area contributed by atoms with Crippen molar-refractivity contribution in [3.05, 3.63) is 52.9 Å². The Bertz CT molecular complexity index is 1030. The smallest absolute Gasteiger partial charge is 0.341 e. The number of carbonyl (C=O) groups is 3. The van der Waals surface area contributed by atoms with Crippen LogP contribution in [0.4, 0.5) is 5.00 Å². The van der Waals surface area contributed by atoms with Crippen molar-refractivity contribution in [2.45, 2.75) is 19.8 Å². The van der Waals surface area contributed by atoms with Gasteiger partial charge in [0, 0.05) is 10.4 Å². The van der Waals surface area contributed by atoms with E-state index in [2.05, 4.69) is 5.32 Å². The molecule has 1 saturated carbocycles. The zero-order valence-corrected chi connectivity index (χ0v) is 17.6. The van der Waals surface area contributed by atoms with E-state index in [1.165, 1.54) is 18.4 Å². The van der Waals surface area contributed by atoms with Crippen LogP contribution in [0, 0.1) is 30.6 Å². The minimum atomic E-state index is -0.949. The van der Waals surface area contributed by atoms with Crippen molar-refractivity contribution < 1.29 is 24.2 Å². The van der Waals surface area contributed by atoms with E-state index in [0.29, 0.717) is 10.6 Å². The van der Waals surface area contributed by atoms with Crippen LogP contribution in [0.1, 0.15) is 28.1 Å². The Balaban J connectivity index is 1.71. The Morgan fingerprint density at radius 2 is 1.70 bits per heavy atom. The Labute approximate surface area is 178 Å². The molecule has 30 heavy (non-hydrogen) atoms. The second-order valence-corrected chi connectivity index (χ2v) is 8.99. The van der Waals surface area contributed by atoms with Crippen molar-refractivity contribution >= 4 is 34.2 Å². The average molecular weight is 426 g/mol. The molecule has 0 saturated heterocycles. The van der Waals surface area contributed by atoms with Crippen LogP contribution in [0.15, 0.2) is 42.5 Å². The lowest BCUT2D eigenvalue weighted by Crippen LogP contribution is -2.47. The van der Waals surface area contributed by atoms with E-state index in [0.717, 1.165) is 28.8 Å². The van der Waals surface area contributed by atoms with Gasteiger partial charge in [-0.2, -0.15) is 0 Å². The van der Waals surface area contributed by atoms with Crippen molar-refractivity contribution in [1.82, 2.24) is 0 Å². The Morgan fingerprint density at radius 3 is 2.27 bits per heavy atom. The van der Waals surface area contributed by atoms with Gasteiger partial charge in [0.15, 0.2) is 0 Å². The summed E-state index contributed by atoms with van der Waals surface area (Å²) in [5.74, 6) is -3.47. The largest absolute Gasteiger partial charge is 0.481 e. The number of ether oxygens (including phenoxy) is 1. The second-order valence-electron chi connectivity index (χ2n) is 7.76. The molecule has 4 atom stereocenters. The number of rotatable bonds is 5. The molecule has 0 aliphatic heterocycles. The number of benzene rings is 1. The van der Waals surface area contributed by atoms with Crippen LogP contribution in [-0.2, 0) is 14.3 Å². The van der Waals surface area contributed by atoms with Gasteiger partial charge in [-0.05, 0) is 37.2 Å². The number of aryl methyl sites for hydroxylation is 1. The number of carbonyl (C=O) groups excluding carboxylic acids is 2. The lowest BCUT2D eigenvalue weighted by molar-refractivity contribution is -0.151. The van der Waals surface area contributed by atoms with Gasteiger partial charge in [-0.25, -0.2) is 4.79 Å². The molecule has 1 fully saturated rings. The molecule has 2 N–H and O–H groups in total. The summed E-state index contributed by atoms with van der Waals surface area (Å²) in [6.45, 7) is 1.89. The molecule has 6 nitrogen and oxygen atoms in total. The topological polar surface area (TPSA) is 92.7 Å². The number of fused-ring (bicyclic) bond motifs is 2. The van der Waals surface area contributed by atoms with E-state index in [9.17, 15) is 19.5 Å². The third kappa shape index (κ3) is 3.43. The molecule has 2 aromatic rings. The third-order valence-corrected chi connectivity index (χ3v) is 7.13. The first-order valence-corrected chi connectivity index (χ1v) is 10.7. The van der Waals surface area contributed by atoms with Crippen LogP contribution in [0.25, 0.3) is 11.1 Å². The highest BCUT2D eigenvalue weighted by Gasteiger charge is 2.48. The molecule has 1 heterocycles. The highest BCUT2D eigenvalue weighted by Crippen LogP contribution is 2.46. The lowest BCUT2D eigenvalue weighted by Gasteiger charge is -2.41. The highest BCUT2D eigenvalue weighted by atomic mass is 32.1. The Kier molecular flexibility index (Phi) is 5.47. The predicted molar refractivity (Wildman–Crippen MR) is 114 cm³/mol. The van der Waals surface area contributed by atoms with Crippen LogP contribution in [-0.4, -0.2) is 30.1 Å². The number of thiophene rings is 1. The van der Waals surface area contributed by atoms with Gasteiger partial charge in [-0.15, -0.1) is 11.3 Å². The van der Waals surface area contributed by atoms with Crippen molar-refractivity contribution in [2.75, 3.05) is 12.4 Å². The van der Waals surface area contributed by atoms with E-state index in [1.807, 2.05) is 49.4 Å². The summed E-state index contributed by atoms with van der Waals surface area (Å²) in [6, 6.07) is 9.46. The zero-order chi connectivity index (χ0) is 21.4. The van der Waals surface area contributed by atoms with Crippen LogP contribution in [0.3, 0.4) is 0 Å². The molecule has 3 aliphatic carbocycles. The quantitative estimate of drug-likeness (QED) is 0.548. The normalized spacial score (nSPS) is 24.5. The van der Waals surface area contributed by atoms with Crippen molar-refractivity contribution in [1.29, 1.82) is 0 Å². The molecular formula is C23H23NO5S. The number of nitrogens with one attached hydrogen (secondary N) is 1. The van der Waals surface area contributed by atoms with Crippen LogP contribution in [0.2, 0.25) is 0 Å². The number of aliphatic carboxylic acids is 1. The summed E-state index contributed by atoms with van der Waals surface area (Å²) in [7, 11) is 1.31. The Morgan fingerprint density at radius 1 is 1.07 bits per heavy atom. The van der Waals surface area contributed by atoms with E-state index >= 15 is 0 Å². The van der Waals surface area contributed by atoms with Gasteiger partial charge in [0.1, 0.15) is 10.6 Å². The molecule has 0 radical (unpaired) electrons. The number of amides is 1. The van der Waals surface area contributed by atoms with Gasteiger partial charge >= 0.3 is 11.9 Å². The van der Waals surface area contributed by atoms with Gasteiger partial charge in [-0.1, -0.05) is 42.5 Å². The highest BCUT2D eigenvalue weighted by molar-refractivity contribution is 7.17. The SMILES string of the molecule is COC(=O)c1c(NC(=O)[C@H]2[C@@H](C(=O)O)[C@H]3C=C[C@@H]2CC3)sc(C)c1-c1ccccc1. The first-order chi connectivity index (χ1) is 14.4. The summed E-state index contributed by atoms with van der Waals surface area (Å²) >= 11 is 1.30. The summed E-state index contributed by atoms with van der Waals surface area (Å²) in [6.07, 6.45) is 5.48. The van der Waals surface area contributed by atoms with E-state index < -0.39 is 23.8 Å². The molecule has 0 unspecified atom stereocenters. The molecule has 1 amide bonds. The van der Waals surface area contributed by atoms with Gasteiger partial charge in [-0.3, -0.25) is 9.59 Å². The molecule has 1 aromatic heterocycles. The van der Waals surface area contributed by atoms with Crippen LogP contribution in [0.5, 0.6) is 0 Å². The zero-order valence-electron chi connectivity index (χ0n) is 16.8. The standard InChI is InChI=1S/C23H23NO5S/c1-12-16(13-6-4-3-5-7-13)19(23(28)29-2)21(30-12)24-20(25)17-14-8-10-15(11-9-14)18(17)22(26)27/h3-8,10,14-15,17-18H,9,11H2,1-2H3,(H,24,25)(H,26,27)/t14-,15+,17-,18+/m1/s1. The van der Waals surface area contributed by atoms with Gasteiger partial charge in [0.2, 0.25) is 5.91 Å². The maximum Gasteiger partial charge on any atom is 0.341 e. The third-order valence-electron chi connectivity index (χ3n) is 6.11. The summed E-state index contributed by atoms with van der Waals surface area (Å²) in [5, 5.41) is 13.0. The number of esters is 1. The minimum Gasteiger partial charge on any atom is -0.481 e. The fourth-order valence-electron chi connectivity index (χ4n) is 4.77. The summed E-state index contributed by atoms with van der Waals surface area (Å²) in [5.41, 5.74) is 1.89. The summed E-state index contributed by atoms with van der Waals surface area (Å²) in [4.78, 5) is 38.6. The number of allylic oxidation sites excluding steroid dienone is 2. The lowest BCUT2D eigenvalue weighted by atomic mass is 9.62. The number of carboxylic acid groups (broad SMARTS) is 1. The molecule has 3 aliphatic rings. The maximum atomic E-state index is 13.2. The van der Waals surface area contributed by atoms with E-state index in [-0.39, 0.29) is 17.7 Å². The average Bonchev–Trinajstić information content (AvgIpc) is 3.09. The van der Waals surface area contributed by atoms with Gasteiger partial charge in [0.25, 0.3) is 0 Å². The van der Waals surface area contributed by atoms with Crippen molar-refractivity contribution in [3.8, 4) is 11.1 Å². The van der Waals surface area contributed by atoms with E-state index in [4.69, 9.17) is 4.74 Å². The second kappa shape index (κ2) is 8.07.